The normalized spacial score (nSPS) is 11.0. The Morgan fingerprint density at radius 2 is 2.25 bits per heavy atom. The molecule has 4 nitrogen and oxygen atoms in total. The van der Waals surface area contributed by atoms with Crippen LogP contribution in [0.2, 0.25) is 5.02 Å². The summed E-state index contributed by atoms with van der Waals surface area (Å²) < 4.78 is 7.21. The molecular weight excluding hydrogens is 226 g/mol. The van der Waals surface area contributed by atoms with Gasteiger partial charge in [0, 0.05) is 12.1 Å². The average molecular weight is 240 g/mol. The van der Waals surface area contributed by atoms with E-state index < -0.39 is 0 Å². The zero-order valence-corrected chi connectivity index (χ0v) is 10.1. The lowest BCUT2D eigenvalue weighted by atomic mass is 10.2. The van der Waals surface area contributed by atoms with Gasteiger partial charge >= 0.3 is 0 Å². The minimum Gasteiger partial charge on any atom is -0.467 e. The largest absolute Gasteiger partial charge is 0.467 e. The van der Waals surface area contributed by atoms with Crippen molar-refractivity contribution in [2.75, 3.05) is 0 Å². The molecule has 0 spiro atoms. The van der Waals surface area contributed by atoms with Crippen molar-refractivity contribution in [3.63, 3.8) is 0 Å². The lowest BCUT2D eigenvalue weighted by Crippen LogP contribution is -2.06. The van der Waals surface area contributed by atoms with Crippen LogP contribution < -0.4 is 5.73 Å². The first-order valence-electron chi connectivity index (χ1n) is 5.08. The van der Waals surface area contributed by atoms with Gasteiger partial charge in [-0.1, -0.05) is 11.6 Å². The molecule has 5 heteroatoms. The van der Waals surface area contributed by atoms with E-state index in [-0.39, 0.29) is 0 Å². The highest BCUT2D eigenvalue weighted by Gasteiger charge is 2.12. The molecule has 2 heterocycles. The number of hydrogen-bond acceptors (Lipinski definition) is 3. The van der Waals surface area contributed by atoms with Crippen LogP contribution in [0.25, 0.3) is 0 Å². The fraction of sp³-hybridized carbons (Fsp3) is 0.364. The molecule has 0 fully saturated rings. The number of nitrogens with two attached hydrogens (primary N) is 1. The van der Waals surface area contributed by atoms with E-state index in [4.69, 9.17) is 21.8 Å². The SMILES string of the molecule is Cc1nn(Cc2occc2CN)c(C)c1Cl. The van der Waals surface area contributed by atoms with Crippen molar-refractivity contribution >= 4 is 11.6 Å². The van der Waals surface area contributed by atoms with Gasteiger partial charge in [0.15, 0.2) is 0 Å². The first kappa shape index (κ1) is 11.2. The van der Waals surface area contributed by atoms with Gasteiger partial charge in [-0.05, 0) is 19.9 Å². The maximum Gasteiger partial charge on any atom is 0.129 e. The van der Waals surface area contributed by atoms with Crippen LogP contribution in [0.3, 0.4) is 0 Å². The number of nitrogens with zero attached hydrogens (tertiary/aromatic N) is 2. The molecule has 2 N–H and O–H groups in total. The van der Waals surface area contributed by atoms with E-state index in [0.717, 1.165) is 22.7 Å². The van der Waals surface area contributed by atoms with Crippen LogP contribution in [-0.2, 0) is 13.1 Å². The molecule has 0 aromatic carbocycles. The van der Waals surface area contributed by atoms with Gasteiger partial charge in [0.25, 0.3) is 0 Å². The highest BCUT2D eigenvalue weighted by atomic mass is 35.5. The predicted octanol–water partition coefficient (Wildman–Crippen LogP) is 2.25. The molecule has 0 aliphatic heterocycles. The maximum atomic E-state index is 6.07. The topological polar surface area (TPSA) is 57.0 Å². The Morgan fingerprint density at radius 3 is 2.81 bits per heavy atom. The van der Waals surface area contributed by atoms with Crippen molar-refractivity contribution in [3.05, 3.63) is 40.1 Å². The summed E-state index contributed by atoms with van der Waals surface area (Å²) in [5.41, 5.74) is 8.39. The lowest BCUT2D eigenvalue weighted by Gasteiger charge is -2.03. The summed E-state index contributed by atoms with van der Waals surface area (Å²) in [6.07, 6.45) is 1.64. The number of rotatable bonds is 3. The third-order valence-electron chi connectivity index (χ3n) is 2.64. The first-order chi connectivity index (χ1) is 7.63. The summed E-state index contributed by atoms with van der Waals surface area (Å²) in [6, 6.07) is 1.88. The van der Waals surface area contributed by atoms with Gasteiger partial charge in [0.05, 0.1) is 29.2 Å². The van der Waals surface area contributed by atoms with E-state index in [1.165, 1.54) is 0 Å². The van der Waals surface area contributed by atoms with Crippen LogP contribution in [0.15, 0.2) is 16.7 Å². The first-order valence-corrected chi connectivity index (χ1v) is 5.46. The van der Waals surface area contributed by atoms with Gasteiger partial charge in [-0.3, -0.25) is 4.68 Å². The Hall–Kier alpha value is -1.26. The molecule has 2 rings (SSSR count). The second kappa shape index (κ2) is 4.31. The number of halogens is 1. The fourth-order valence-corrected chi connectivity index (χ4v) is 1.79. The standard InChI is InChI=1S/C11H14ClN3O/c1-7-11(12)8(2)15(14-7)6-10-9(5-13)3-4-16-10/h3-4H,5-6,13H2,1-2H3. The summed E-state index contributed by atoms with van der Waals surface area (Å²) in [6.45, 7) is 4.86. The van der Waals surface area contributed by atoms with Crippen molar-refractivity contribution in [2.45, 2.75) is 26.9 Å². The van der Waals surface area contributed by atoms with E-state index in [2.05, 4.69) is 5.10 Å². The summed E-state index contributed by atoms with van der Waals surface area (Å²) in [5, 5.41) is 5.05. The number of aromatic nitrogens is 2. The molecule has 2 aromatic rings. The molecule has 0 aliphatic rings. The molecule has 2 aromatic heterocycles. The molecular formula is C11H14ClN3O. The van der Waals surface area contributed by atoms with Gasteiger partial charge in [0.2, 0.25) is 0 Å². The molecule has 0 saturated heterocycles. The van der Waals surface area contributed by atoms with E-state index in [1.807, 2.05) is 24.6 Å². The van der Waals surface area contributed by atoms with E-state index >= 15 is 0 Å². The molecule has 0 bridgehead atoms. The van der Waals surface area contributed by atoms with Gasteiger partial charge in [-0.15, -0.1) is 0 Å². The third kappa shape index (κ3) is 1.86. The third-order valence-corrected chi connectivity index (χ3v) is 3.19. The predicted molar refractivity (Wildman–Crippen MR) is 62.4 cm³/mol. The maximum absolute atomic E-state index is 6.07. The van der Waals surface area contributed by atoms with Crippen molar-refractivity contribution in [1.29, 1.82) is 0 Å². The van der Waals surface area contributed by atoms with Gasteiger partial charge in [-0.2, -0.15) is 5.10 Å². The quantitative estimate of drug-likeness (QED) is 0.894. The van der Waals surface area contributed by atoms with Crippen molar-refractivity contribution in [3.8, 4) is 0 Å². The zero-order valence-electron chi connectivity index (χ0n) is 9.33. The van der Waals surface area contributed by atoms with E-state index in [0.29, 0.717) is 18.1 Å². The van der Waals surface area contributed by atoms with Gasteiger partial charge in [-0.25, -0.2) is 0 Å². The van der Waals surface area contributed by atoms with Crippen LogP contribution >= 0.6 is 11.6 Å². The van der Waals surface area contributed by atoms with Crippen LogP contribution in [0, 0.1) is 13.8 Å². The Labute approximate surface area is 99.0 Å². The molecule has 0 amide bonds. The molecule has 16 heavy (non-hydrogen) atoms. The van der Waals surface area contributed by atoms with Crippen LogP contribution in [0.4, 0.5) is 0 Å². The molecule has 86 valence electrons. The Kier molecular flexibility index (Phi) is 3.03. The highest BCUT2D eigenvalue weighted by Crippen LogP contribution is 2.20. The van der Waals surface area contributed by atoms with E-state index in [9.17, 15) is 0 Å². The van der Waals surface area contributed by atoms with E-state index in [1.54, 1.807) is 6.26 Å². The van der Waals surface area contributed by atoms with Crippen molar-refractivity contribution in [2.24, 2.45) is 5.73 Å². The molecule has 0 radical (unpaired) electrons. The number of hydrogen-bond donors (Lipinski definition) is 1. The molecule has 0 saturated carbocycles. The molecule has 0 unspecified atom stereocenters. The van der Waals surface area contributed by atoms with Crippen molar-refractivity contribution < 1.29 is 4.42 Å². The minimum atomic E-state index is 0.471. The average Bonchev–Trinajstić information content (AvgIpc) is 2.81. The Bertz CT molecular complexity index is 501. The Morgan fingerprint density at radius 1 is 1.50 bits per heavy atom. The highest BCUT2D eigenvalue weighted by molar-refractivity contribution is 6.31. The van der Waals surface area contributed by atoms with Crippen LogP contribution in [0.5, 0.6) is 0 Å². The number of furan rings is 1. The molecule has 0 atom stereocenters. The second-order valence-corrected chi connectivity index (χ2v) is 4.09. The zero-order chi connectivity index (χ0) is 11.7. The van der Waals surface area contributed by atoms with Crippen molar-refractivity contribution in [1.82, 2.24) is 9.78 Å². The number of aryl methyl sites for hydroxylation is 1. The Balaban J connectivity index is 2.30. The van der Waals surface area contributed by atoms with Gasteiger partial charge < -0.3 is 10.2 Å². The van der Waals surface area contributed by atoms with Crippen LogP contribution in [0.1, 0.15) is 22.7 Å². The smallest absolute Gasteiger partial charge is 0.129 e. The summed E-state index contributed by atoms with van der Waals surface area (Å²) in [5.74, 6) is 0.838. The molecule has 0 aliphatic carbocycles. The van der Waals surface area contributed by atoms with Gasteiger partial charge in [0.1, 0.15) is 5.76 Å². The minimum absolute atomic E-state index is 0.471. The second-order valence-electron chi connectivity index (χ2n) is 3.72. The monoisotopic (exact) mass is 239 g/mol. The summed E-state index contributed by atoms with van der Waals surface area (Å²) in [4.78, 5) is 0. The lowest BCUT2D eigenvalue weighted by molar-refractivity contribution is 0.471. The fourth-order valence-electron chi connectivity index (χ4n) is 1.65. The summed E-state index contributed by atoms with van der Waals surface area (Å²) in [7, 11) is 0. The van der Waals surface area contributed by atoms with Crippen LogP contribution in [-0.4, -0.2) is 9.78 Å². The summed E-state index contributed by atoms with van der Waals surface area (Å²) >= 11 is 6.07.